The molecule has 0 N–H and O–H groups in total. The predicted molar refractivity (Wildman–Crippen MR) is 125 cm³/mol. The Morgan fingerprint density at radius 3 is 2.81 bits per heavy atom. The van der Waals surface area contributed by atoms with E-state index in [0.29, 0.717) is 16.1 Å². The molecule has 0 unspecified atom stereocenters. The normalized spacial score (nSPS) is 13.8. The van der Waals surface area contributed by atoms with Crippen molar-refractivity contribution >= 4 is 34.2 Å². The SMILES string of the molecule is CCOC(=O)c1c(N=Cc2cccc([N+](=O)[O-])c2)sc2c1CCN(Cc1ccccc1)C2. The van der Waals surface area contributed by atoms with E-state index in [1.54, 1.807) is 25.3 Å². The summed E-state index contributed by atoms with van der Waals surface area (Å²) in [6, 6.07) is 16.6. The highest BCUT2D eigenvalue weighted by Crippen LogP contribution is 2.39. The van der Waals surface area contributed by atoms with Crippen LogP contribution < -0.4 is 0 Å². The number of hydrogen-bond acceptors (Lipinski definition) is 7. The molecule has 0 radical (unpaired) electrons. The molecule has 4 rings (SSSR count). The van der Waals surface area contributed by atoms with Crippen molar-refractivity contribution in [2.75, 3.05) is 13.2 Å². The Labute approximate surface area is 190 Å². The lowest BCUT2D eigenvalue weighted by atomic mass is 10.0. The largest absolute Gasteiger partial charge is 0.462 e. The van der Waals surface area contributed by atoms with E-state index in [-0.39, 0.29) is 18.3 Å². The van der Waals surface area contributed by atoms with Gasteiger partial charge in [-0.05, 0) is 30.0 Å². The first-order chi connectivity index (χ1) is 15.5. The molecule has 1 aliphatic heterocycles. The van der Waals surface area contributed by atoms with Gasteiger partial charge in [-0.3, -0.25) is 15.0 Å². The van der Waals surface area contributed by atoms with Crippen molar-refractivity contribution in [1.82, 2.24) is 4.90 Å². The number of benzene rings is 2. The van der Waals surface area contributed by atoms with Crippen LogP contribution in [0.5, 0.6) is 0 Å². The molecule has 0 fully saturated rings. The van der Waals surface area contributed by atoms with Gasteiger partial charge in [0.25, 0.3) is 5.69 Å². The highest BCUT2D eigenvalue weighted by Gasteiger charge is 2.28. The van der Waals surface area contributed by atoms with Gasteiger partial charge in [0.2, 0.25) is 0 Å². The molecule has 0 atom stereocenters. The number of fused-ring (bicyclic) bond motifs is 1. The van der Waals surface area contributed by atoms with Crippen molar-refractivity contribution in [1.29, 1.82) is 0 Å². The van der Waals surface area contributed by atoms with Crippen molar-refractivity contribution < 1.29 is 14.5 Å². The van der Waals surface area contributed by atoms with Gasteiger partial charge < -0.3 is 4.74 Å². The minimum atomic E-state index is -0.438. The van der Waals surface area contributed by atoms with Crippen LogP contribution in [0.2, 0.25) is 0 Å². The van der Waals surface area contributed by atoms with Crippen LogP contribution in [-0.2, 0) is 24.2 Å². The van der Waals surface area contributed by atoms with Crippen LogP contribution in [0.1, 0.15) is 38.8 Å². The van der Waals surface area contributed by atoms with E-state index in [2.05, 4.69) is 22.0 Å². The fourth-order valence-corrected chi connectivity index (χ4v) is 5.00. The van der Waals surface area contributed by atoms with Gasteiger partial charge in [-0.1, -0.05) is 42.5 Å². The van der Waals surface area contributed by atoms with Gasteiger partial charge in [-0.15, -0.1) is 11.3 Å². The molecule has 0 saturated carbocycles. The topological polar surface area (TPSA) is 85.0 Å². The van der Waals surface area contributed by atoms with Crippen molar-refractivity contribution in [3.8, 4) is 0 Å². The summed E-state index contributed by atoms with van der Waals surface area (Å²) in [5, 5.41) is 11.6. The maximum absolute atomic E-state index is 12.7. The molecule has 0 saturated heterocycles. The Hall–Kier alpha value is -3.36. The Kier molecular flexibility index (Phi) is 6.72. The van der Waals surface area contributed by atoms with E-state index < -0.39 is 4.92 Å². The number of nitro groups is 1. The first-order valence-electron chi connectivity index (χ1n) is 10.4. The van der Waals surface area contributed by atoms with Crippen LogP contribution in [0, 0.1) is 10.1 Å². The van der Waals surface area contributed by atoms with Crippen molar-refractivity contribution in [2.24, 2.45) is 4.99 Å². The summed E-state index contributed by atoms with van der Waals surface area (Å²) in [7, 11) is 0. The molecule has 0 bridgehead atoms. The van der Waals surface area contributed by atoms with Crippen LogP contribution >= 0.6 is 11.3 Å². The zero-order valence-corrected chi connectivity index (χ0v) is 18.5. The fraction of sp³-hybridized carbons (Fsp3) is 0.250. The molecular formula is C24H23N3O4S. The van der Waals surface area contributed by atoms with E-state index in [9.17, 15) is 14.9 Å². The number of nitrogens with zero attached hydrogens (tertiary/aromatic N) is 3. The minimum Gasteiger partial charge on any atom is -0.462 e. The quantitative estimate of drug-likeness (QED) is 0.216. The van der Waals surface area contributed by atoms with Crippen molar-refractivity contribution in [3.05, 3.63) is 91.8 Å². The van der Waals surface area contributed by atoms with Crippen LogP contribution in [-0.4, -0.2) is 35.2 Å². The molecule has 2 heterocycles. The lowest BCUT2D eigenvalue weighted by Crippen LogP contribution is -2.29. The van der Waals surface area contributed by atoms with Gasteiger partial charge >= 0.3 is 5.97 Å². The van der Waals surface area contributed by atoms with Gasteiger partial charge in [-0.25, -0.2) is 9.79 Å². The molecule has 0 spiro atoms. The average molecular weight is 450 g/mol. The third-order valence-electron chi connectivity index (χ3n) is 5.26. The standard InChI is InChI=1S/C24H23N3O4S/c1-2-31-24(28)22-20-11-12-26(15-17-7-4-3-5-8-17)16-21(20)32-23(22)25-14-18-9-6-10-19(13-18)27(29)30/h3-10,13-14H,2,11-12,15-16H2,1H3. The maximum Gasteiger partial charge on any atom is 0.341 e. The molecule has 0 amide bonds. The second kappa shape index (κ2) is 9.84. The number of aliphatic imine (C=N–C) groups is 1. The number of rotatable bonds is 7. The summed E-state index contributed by atoms with van der Waals surface area (Å²) in [5.41, 5.74) is 3.38. The van der Waals surface area contributed by atoms with Gasteiger partial charge in [0.05, 0.1) is 17.1 Å². The van der Waals surface area contributed by atoms with E-state index >= 15 is 0 Å². The van der Waals surface area contributed by atoms with E-state index in [1.165, 1.54) is 29.0 Å². The Balaban J connectivity index is 1.62. The van der Waals surface area contributed by atoms with Gasteiger partial charge in [0.15, 0.2) is 0 Å². The minimum absolute atomic E-state index is 0.00148. The Morgan fingerprint density at radius 1 is 1.25 bits per heavy atom. The molecule has 3 aromatic rings. The van der Waals surface area contributed by atoms with Crippen LogP contribution in [0.15, 0.2) is 59.6 Å². The monoisotopic (exact) mass is 449 g/mol. The van der Waals surface area contributed by atoms with Crippen molar-refractivity contribution in [2.45, 2.75) is 26.4 Å². The number of carbonyl (C=O) groups is 1. The van der Waals surface area contributed by atoms with Crippen LogP contribution in [0.4, 0.5) is 10.7 Å². The van der Waals surface area contributed by atoms with Crippen LogP contribution in [0.3, 0.4) is 0 Å². The Bertz CT molecular complexity index is 1160. The zero-order valence-electron chi connectivity index (χ0n) is 17.7. The van der Waals surface area contributed by atoms with Gasteiger partial charge in [-0.2, -0.15) is 0 Å². The number of ether oxygens (including phenoxy) is 1. The smallest absolute Gasteiger partial charge is 0.341 e. The fourth-order valence-electron chi connectivity index (χ4n) is 3.78. The summed E-state index contributed by atoms with van der Waals surface area (Å²) >= 11 is 1.49. The van der Waals surface area contributed by atoms with Crippen molar-refractivity contribution in [3.63, 3.8) is 0 Å². The van der Waals surface area contributed by atoms with E-state index in [1.807, 2.05) is 18.2 Å². The predicted octanol–water partition coefficient (Wildman–Crippen LogP) is 5.14. The number of nitro benzene ring substituents is 1. The highest BCUT2D eigenvalue weighted by atomic mass is 32.1. The molecule has 2 aromatic carbocycles. The number of hydrogen-bond donors (Lipinski definition) is 0. The molecular weight excluding hydrogens is 426 g/mol. The number of thiophene rings is 1. The molecule has 1 aromatic heterocycles. The third-order valence-corrected chi connectivity index (χ3v) is 6.38. The van der Waals surface area contributed by atoms with Crippen LogP contribution in [0.25, 0.3) is 0 Å². The molecule has 0 aliphatic carbocycles. The lowest BCUT2D eigenvalue weighted by Gasteiger charge is -2.27. The van der Waals surface area contributed by atoms with Gasteiger partial charge in [0.1, 0.15) is 5.00 Å². The summed E-state index contributed by atoms with van der Waals surface area (Å²) < 4.78 is 5.31. The number of carbonyl (C=O) groups excluding carboxylic acids is 1. The van der Waals surface area contributed by atoms with E-state index in [4.69, 9.17) is 4.74 Å². The lowest BCUT2D eigenvalue weighted by molar-refractivity contribution is -0.384. The molecule has 1 aliphatic rings. The maximum atomic E-state index is 12.7. The molecule has 8 heteroatoms. The summed E-state index contributed by atoms with van der Waals surface area (Å²) in [6.07, 6.45) is 2.31. The first kappa shape index (κ1) is 21.9. The number of esters is 1. The second-order valence-electron chi connectivity index (χ2n) is 7.46. The zero-order chi connectivity index (χ0) is 22.5. The summed E-state index contributed by atoms with van der Waals surface area (Å²) in [4.78, 5) is 31.3. The average Bonchev–Trinajstić information content (AvgIpc) is 3.16. The molecule has 7 nitrogen and oxygen atoms in total. The third kappa shape index (κ3) is 4.92. The first-order valence-corrected chi connectivity index (χ1v) is 11.2. The molecule has 164 valence electrons. The Morgan fingerprint density at radius 2 is 2.06 bits per heavy atom. The highest BCUT2D eigenvalue weighted by molar-refractivity contribution is 7.16. The summed E-state index contributed by atoms with van der Waals surface area (Å²) in [5.74, 6) is -0.368. The van der Waals surface area contributed by atoms with E-state index in [0.717, 1.165) is 36.5 Å². The van der Waals surface area contributed by atoms with Gasteiger partial charge in [0, 0.05) is 42.9 Å². The second-order valence-corrected chi connectivity index (χ2v) is 8.54. The number of non-ortho nitro benzene ring substituents is 1. The molecule has 32 heavy (non-hydrogen) atoms. The summed E-state index contributed by atoms with van der Waals surface area (Å²) in [6.45, 7) is 4.51.